The molecule has 0 unspecified atom stereocenters. The van der Waals surface area contributed by atoms with Gasteiger partial charge in [0.1, 0.15) is 18.2 Å². The number of carbonyl (C=O) groups excluding carboxylic acids is 1. The topological polar surface area (TPSA) is 76.0 Å². The number of aryl methyl sites for hydroxylation is 1. The Kier molecular flexibility index (Phi) is 4.80. The lowest BCUT2D eigenvalue weighted by Gasteiger charge is -2.15. The molecule has 142 valence electrons. The van der Waals surface area contributed by atoms with E-state index < -0.39 is 0 Å². The molecule has 1 N–H and O–H groups in total. The Balaban J connectivity index is 1.42. The van der Waals surface area contributed by atoms with Crippen molar-refractivity contribution in [3.05, 3.63) is 77.9 Å². The van der Waals surface area contributed by atoms with Crippen LogP contribution in [0, 0.1) is 0 Å². The number of nitrogens with zero attached hydrogens (tertiary/aromatic N) is 4. The van der Waals surface area contributed by atoms with Gasteiger partial charge in [0.05, 0.1) is 23.3 Å². The molecule has 4 aromatic rings. The van der Waals surface area contributed by atoms with Gasteiger partial charge in [0.15, 0.2) is 5.69 Å². The van der Waals surface area contributed by atoms with E-state index in [0.717, 1.165) is 28.3 Å². The first kappa shape index (κ1) is 17.8. The van der Waals surface area contributed by atoms with Gasteiger partial charge in [0, 0.05) is 14.1 Å². The van der Waals surface area contributed by atoms with Crippen LogP contribution in [0.4, 0.5) is 0 Å². The number of benzene rings is 2. The number of fused-ring (bicyclic) bond motifs is 1. The molecular formula is C21H21N5O2. The number of hydrogen-bond donors (Lipinski definition) is 1. The molecule has 2 aromatic carbocycles. The molecule has 4 rings (SSSR count). The van der Waals surface area contributed by atoms with Gasteiger partial charge in [0.25, 0.3) is 5.91 Å². The fraction of sp³-hybridized carbons (Fsp3) is 0.190. The van der Waals surface area contributed by atoms with Crippen molar-refractivity contribution in [1.29, 1.82) is 0 Å². The summed E-state index contributed by atoms with van der Waals surface area (Å²) in [6.07, 6.45) is 0. The van der Waals surface area contributed by atoms with Gasteiger partial charge in [0.2, 0.25) is 0 Å². The summed E-state index contributed by atoms with van der Waals surface area (Å²) < 4.78 is 7.68. The predicted octanol–water partition coefficient (Wildman–Crippen LogP) is 3.15. The minimum absolute atomic E-state index is 0.172. The van der Waals surface area contributed by atoms with Gasteiger partial charge >= 0.3 is 0 Å². The minimum Gasteiger partial charge on any atom is -0.487 e. The maximum Gasteiger partial charge on any atom is 0.274 e. The SMILES string of the molecule is CN(Cc1nc2ccccc2n1C)C(=O)c1cc(COc2ccccc2)[nH]n1. The van der Waals surface area contributed by atoms with Crippen molar-refractivity contribution >= 4 is 16.9 Å². The van der Waals surface area contributed by atoms with E-state index in [1.165, 1.54) is 0 Å². The van der Waals surface area contributed by atoms with E-state index in [0.29, 0.717) is 18.8 Å². The lowest BCUT2D eigenvalue weighted by molar-refractivity contribution is 0.0775. The summed E-state index contributed by atoms with van der Waals surface area (Å²) in [5, 5.41) is 7.00. The van der Waals surface area contributed by atoms with Gasteiger partial charge in [-0.2, -0.15) is 5.10 Å². The van der Waals surface area contributed by atoms with Crippen LogP contribution in [0.2, 0.25) is 0 Å². The van der Waals surface area contributed by atoms with Crippen molar-refractivity contribution in [3.63, 3.8) is 0 Å². The Morgan fingerprint density at radius 3 is 2.68 bits per heavy atom. The summed E-state index contributed by atoms with van der Waals surface area (Å²) in [6, 6.07) is 19.1. The van der Waals surface area contributed by atoms with Gasteiger partial charge < -0.3 is 14.2 Å². The molecule has 0 aliphatic rings. The summed E-state index contributed by atoms with van der Waals surface area (Å²) in [6.45, 7) is 0.714. The zero-order chi connectivity index (χ0) is 19.5. The number of H-pyrrole nitrogens is 1. The number of carbonyl (C=O) groups is 1. The zero-order valence-electron chi connectivity index (χ0n) is 15.8. The quantitative estimate of drug-likeness (QED) is 0.562. The Hall–Kier alpha value is -3.61. The van der Waals surface area contributed by atoms with Crippen molar-refractivity contribution in [2.24, 2.45) is 7.05 Å². The Labute approximate surface area is 162 Å². The van der Waals surface area contributed by atoms with Crippen molar-refractivity contribution in [1.82, 2.24) is 24.6 Å². The first-order valence-electron chi connectivity index (χ1n) is 9.00. The fourth-order valence-electron chi connectivity index (χ4n) is 3.04. The van der Waals surface area contributed by atoms with E-state index in [4.69, 9.17) is 4.74 Å². The van der Waals surface area contributed by atoms with Crippen LogP contribution in [0.5, 0.6) is 5.75 Å². The number of para-hydroxylation sites is 3. The molecule has 0 saturated carbocycles. The second-order valence-electron chi connectivity index (χ2n) is 6.62. The third-order valence-electron chi connectivity index (χ3n) is 4.59. The number of amides is 1. The van der Waals surface area contributed by atoms with Crippen LogP contribution < -0.4 is 4.74 Å². The molecule has 7 heteroatoms. The van der Waals surface area contributed by atoms with Gasteiger partial charge in [-0.15, -0.1) is 0 Å². The average Bonchev–Trinajstić information content (AvgIpc) is 3.32. The Morgan fingerprint density at radius 2 is 1.89 bits per heavy atom. The molecule has 0 radical (unpaired) electrons. The van der Waals surface area contributed by atoms with E-state index in [1.54, 1.807) is 18.0 Å². The van der Waals surface area contributed by atoms with E-state index in [2.05, 4.69) is 15.2 Å². The van der Waals surface area contributed by atoms with Gasteiger partial charge in [-0.25, -0.2) is 4.98 Å². The number of nitrogens with one attached hydrogen (secondary N) is 1. The lowest BCUT2D eigenvalue weighted by atomic mass is 10.3. The van der Waals surface area contributed by atoms with Crippen LogP contribution in [0.3, 0.4) is 0 Å². The normalized spacial score (nSPS) is 10.9. The second kappa shape index (κ2) is 7.56. The summed E-state index contributed by atoms with van der Waals surface area (Å²) in [5.74, 6) is 1.42. The number of aromatic nitrogens is 4. The molecule has 7 nitrogen and oxygen atoms in total. The van der Waals surface area contributed by atoms with Crippen LogP contribution in [0.15, 0.2) is 60.7 Å². The van der Waals surface area contributed by atoms with Crippen LogP contribution >= 0.6 is 0 Å². The molecule has 0 aliphatic carbocycles. The number of hydrogen-bond acceptors (Lipinski definition) is 4. The number of rotatable bonds is 6. The zero-order valence-corrected chi connectivity index (χ0v) is 15.8. The molecule has 0 aliphatic heterocycles. The molecule has 0 spiro atoms. The molecule has 0 fully saturated rings. The molecule has 0 saturated heterocycles. The summed E-state index contributed by atoms with van der Waals surface area (Å²) in [4.78, 5) is 19.0. The van der Waals surface area contributed by atoms with Crippen LogP contribution in [0.1, 0.15) is 22.0 Å². The van der Waals surface area contributed by atoms with E-state index in [9.17, 15) is 4.79 Å². The first-order chi connectivity index (χ1) is 13.6. The van der Waals surface area contributed by atoms with Crippen LogP contribution in [-0.2, 0) is 20.2 Å². The van der Waals surface area contributed by atoms with Gasteiger partial charge in [-0.1, -0.05) is 30.3 Å². The molecular weight excluding hydrogens is 354 g/mol. The second-order valence-corrected chi connectivity index (χ2v) is 6.62. The number of aromatic amines is 1. The Morgan fingerprint density at radius 1 is 1.14 bits per heavy atom. The molecule has 2 aromatic heterocycles. The lowest BCUT2D eigenvalue weighted by Crippen LogP contribution is -2.27. The molecule has 1 amide bonds. The first-order valence-corrected chi connectivity index (χ1v) is 9.00. The standard InChI is InChI=1S/C21H21N5O2/c1-25(13-20-22-17-10-6-7-11-19(17)26(20)2)21(27)18-12-15(23-24-18)14-28-16-8-4-3-5-9-16/h3-12H,13-14H2,1-2H3,(H,23,24). The third kappa shape index (κ3) is 3.59. The number of imidazole rings is 1. The van der Waals surface area contributed by atoms with Gasteiger partial charge in [-0.3, -0.25) is 9.89 Å². The maximum atomic E-state index is 12.7. The molecule has 0 bridgehead atoms. The number of ether oxygens (including phenoxy) is 1. The minimum atomic E-state index is -0.172. The fourth-order valence-corrected chi connectivity index (χ4v) is 3.04. The van der Waals surface area contributed by atoms with Gasteiger partial charge in [-0.05, 0) is 30.3 Å². The molecule has 28 heavy (non-hydrogen) atoms. The van der Waals surface area contributed by atoms with E-state index in [-0.39, 0.29) is 5.91 Å². The average molecular weight is 375 g/mol. The maximum absolute atomic E-state index is 12.7. The highest BCUT2D eigenvalue weighted by Gasteiger charge is 2.18. The monoisotopic (exact) mass is 375 g/mol. The van der Waals surface area contributed by atoms with Crippen molar-refractivity contribution < 1.29 is 9.53 Å². The molecule has 2 heterocycles. The molecule has 0 atom stereocenters. The van der Waals surface area contributed by atoms with E-state index in [1.807, 2.05) is 66.2 Å². The highest BCUT2D eigenvalue weighted by Crippen LogP contribution is 2.16. The van der Waals surface area contributed by atoms with Crippen LogP contribution in [-0.4, -0.2) is 37.6 Å². The van der Waals surface area contributed by atoms with E-state index >= 15 is 0 Å². The van der Waals surface area contributed by atoms with Crippen molar-refractivity contribution in [2.45, 2.75) is 13.2 Å². The van der Waals surface area contributed by atoms with Crippen LogP contribution in [0.25, 0.3) is 11.0 Å². The highest BCUT2D eigenvalue weighted by atomic mass is 16.5. The predicted molar refractivity (Wildman–Crippen MR) is 106 cm³/mol. The Bertz CT molecular complexity index is 1100. The smallest absolute Gasteiger partial charge is 0.274 e. The summed E-state index contributed by atoms with van der Waals surface area (Å²) >= 11 is 0. The summed E-state index contributed by atoms with van der Waals surface area (Å²) in [5.41, 5.74) is 3.05. The largest absolute Gasteiger partial charge is 0.487 e. The highest BCUT2D eigenvalue weighted by molar-refractivity contribution is 5.92. The van der Waals surface area contributed by atoms with Crippen molar-refractivity contribution in [3.8, 4) is 5.75 Å². The third-order valence-corrected chi connectivity index (χ3v) is 4.59. The summed E-state index contributed by atoms with van der Waals surface area (Å²) in [7, 11) is 3.70. The van der Waals surface area contributed by atoms with Crippen molar-refractivity contribution in [2.75, 3.05) is 7.05 Å².